The van der Waals surface area contributed by atoms with Gasteiger partial charge in [-0.25, -0.2) is 4.79 Å². The Kier molecular flexibility index (Phi) is 4.74. The summed E-state index contributed by atoms with van der Waals surface area (Å²) in [5.41, 5.74) is 3.07. The minimum absolute atomic E-state index is 0.199. The lowest BCUT2D eigenvalue weighted by atomic mass is 10.0. The number of carboxylic acids is 1. The first-order chi connectivity index (χ1) is 11.6. The summed E-state index contributed by atoms with van der Waals surface area (Å²) in [7, 11) is 0. The molecule has 3 rings (SSSR count). The smallest absolute Gasteiger partial charge is 0.337 e. The number of aromatic carboxylic acids is 1. The van der Waals surface area contributed by atoms with Gasteiger partial charge in [0.15, 0.2) is 0 Å². The molecule has 0 unspecified atom stereocenters. The van der Waals surface area contributed by atoms with Crippen LogP contribution in [0.1, 0.15) is 10.4 Å². The van der Waals surface area contributed by atoms with Crippen molar-refractivity contribution < 1.29 is 9.90 Å². The minimum atomic E-state index is -0.989. The molecule has 3 aromatic carbocycles. The summed E-state index contributed by atoms with van der Waals surface area (Å²) in [5.74, 6) is -0.989. The lowest BCUT2D eigenvalue weighted by Crippen LogP contribution is -2.03. The van der Waals surface area contributed by atoms with Crippen molar-refractivity contribution in [3.05, 3.63) is 82.3 Å². The molecule has 120 valence electrons. The monoisotopic (exact) mass is 357 g/mol. The van der Waals surface area contributed by atoms with Gasteiger partial charge in [-0.2, -0.15) is 0 Å². The number of nitrogens with one attached hydrogen (secondary N) is 1. The van der Waals surface area contributed by atoms with Gasteiger partial charge in [0.1, 0.15) is 0 Å². The van der Waals surface area contributed by atoms with Crippen LogP contribution in [0.25, 0.3) is 11.1 Å². The highest BCUT2D eigenvalue weighted by atomic mass is 35.5. The maximum atomic E-state index is 11.4. The van der Waals surface area contributed by atoms with Gasteiger partial charge in [0.25, 0.3) is 0 Å². The van der Waals surface area contributed by atoms with E-state index < -0.39 is 5.97 Å². The topological polar surface area (TPSA) is 49.3 Å². The molecule has 0 atom stereocenters. The summed E-state index contributed by atoms with van der Waals surface area (Å²) in [6.07, 6.45) is 0. The maximum Gasteiger partial charge on any atom is 0.337 e. The highest BCUT2D eigenvalue weighted by Crippen LogP contribution is 2.36. The van der Waals surface area contributed by atoms with E-state index in [9.17, 15) is 9.90 Å². The molecule has 0 aliphatic heterocycles. The fourth-order valence-electron chi connectivity index (χ4n) is 2.45. The number of carboxylic acid groups (broad SMARTS) is 1. The number of hydrogen-bond donors (Lipinski definition) is 2. The quantitative estimate of drug-likeness (QED) is 0.592. The van der Waals surface area contributed by atoms with Gasteiger partial charge >= 0.3 is 5.97 Å². The van der Waals surface area contributed by atoms with Gasteiger partial charge in [0.05, 0.1) is 11.3 Å². The van der Waals surface area contributed by atoms with Crippen LogP contribution in [0.4, 0.5) is 11.4 Å². The zero-order valence-electron chi connectivity index (χ0n) is 12.5. The fourth-order valence-corrected chi connectivity index (χ4v) is 2.85. The third kappa shape index (κ3) is 3.37. The summed E-state index contributed by atoms with van der Waals surface area (Å²) in [4.78, 5) is 11.4. The molecular weight excluding hydrogens is 345 g/mol. The third-order valence-electron chi connectivity index (χ3n) is 3.57. The molecule has 5 heteroatoms. The van der Waals surface area contributed by atoms with Gasteiger partial charge in [0, 0.05) is 26.9 Å². The largest absolute Gasteiger partial charge is 0.478 e. The molecule has 0 saturated carbocycles. The number of benzene rings is 3. The Morgan fingerprint density at radius 3 is 2.25 bits per heavy atom. The van der Waals surface area contributed by atoms with Crippen LogP contribution in [0.15, 0.2) is 66.7 Å². The Labute approximate surface area is 149 Å². The van der Waals surface area contributed by atoms with Crippen LogP contribution in [0, 0.1) is 0 Å². The van der Waals surface area contributed by atoms with E-state index >= 15 is 0 Å². The predicted octanol–water partition coefficient (Wildman–Crippen LogP) is 6.10. The Bertz CT molecular complexity index is 909. The summed E-state index contributed by atoms with van der Waals surface area (Å²) in [5, 5.41) is 13.7. The molecule has 3 nitrogen and oxygen atoms in total. The van der Waals surface area contributed by atoms with Crippen LogP contribution in [0.3, 0.4) is 0 Å². The lowest BCUT2D eigenvalue weighted by molar-refractivity contribution is 0.0698. The first-order valence-electron chi connectivity index (χ1n) is 7.20. The van der Waals surface area contributed by atoms with Gasteiger partial charge in [0.2, 0.25) is 0 Å². The molecule has 0 spiro atoms. The molecular formula is C19H13Cl2NO2. The van der Waals surface area contributed by atoms with Crippen molar-refractivity contribution in [1.82, 2.24) is 0 Å². The van der Waals surface area contributed by atoms with E-state index in [1.165, 1.54) is 0 Å². The molecule has 3 aromatic rings. The molecule has 0 bridgehead atoms. The number of anilines is 2. The zero-order chi connectivity index (χ0) is 17.1. The van der Waals surface area contributed by atoms with Crippen molar-refractivity contribution in [3.8, 4) is 11.1 Å². The van der Waals surface area contributed by atoms with Gasteiger partial charge in [-0.05, 0) is 36.4 Å². The molecule has 0 saturated heterocycles. The lowest BCUT2D eigenvalue weighted by Gasteiger charge is -2.15. The average Bonchev–Trinajstić information content (AvgIpc) is 2.58. The predicted molar refractivity (Wildman–Crippen MR) is 98.6 cm³/mol. The number of hydrogen-bond acceptors (Lipinski definition) is 2. The van der Waals surface area contributed by atoms with Crippen molar-refractivity contribution in [2.24, 2.45) is 0 Å². The van der Waals surface area contributed by atoms with Crippen molar-refractivity contribution in [2.75, 3.05) is 5.32 Å². The highest BCUT2D eigenvalue weighted by molar-refractivity contribution is 6.35. The van der Waals surface area contributed by atoms with Crippen LogP contribution < -0.4 is 5.32 Å². The number of para-hydroxylation sites is 2. The van der Waals surface area contributed by atoms with E-state index in [1.54, 1.807) is 42.5 Å². The van der Waals surface area contributed by atoms with Crippen molar-refractivity contribution in [2.45, 2.75) is 0 Å². The second kappa shape index (κ2) is 6.95. The molecule has 0 fully saturated rings. The Morgan fingerprint density at radius 1 is 0.833 bits per heavy atom. The summed E-state index contributed by atoms with van der Waals surface area (Å²) in [6, 6.07) is 19.5. The second-order valence-corrected chi connectivity index (χ2v) is 5.99. The summed E-state index contributed by atoms with van der Waals surface area (Å²) < 4.78 is 0. The standard InChI is InChI=1S/C19H13Cl2NO2/c20-12-9-10-16(21)15(11-12)13-5-1-3-7-17(13)22-18-8-4-2-6-14(18)19(23)24/h1-11,22H,(H,23,24). The molecule has 0 heterocycles. The van der Waals surface area contributed by atoms with E-state index in [1.807, 2.05) is 24.3 Å². The Hall–Kier alpha value is -2.49. The SMILES string of the molecule is O=C(O)c1ccccc1Nc1ccccc1-c1cc(Cl)ccc1Cl. The van der Waals surface area contributed by atoms with E-state index in [0.717, 1.165) is 16.8 Å². The molecule has 0 amide bonds. The third-order valence-corrected chi connectivity index (χ3v) is 4.14. The first kappa shape index (κ1) is 16.4. The molecule has 0 radical (unpaired) electrons. The zero-order valence-corrected chi connectivity index (χ0v) is 14.0. The molecule has 0 aliphatic carbocycles. The van der Waals surface area contributed by atoms with Crippen molar-refractivity contribution >= 4 is 40.5 Å². The van der Waals surface area contributed by atoms with Crippen LogP contribution in [-0.2, 0) is 0 Å². The Balaban J connectivity index is 2.08. The van der Waals surface area contributed by atoms with E-state index in [-0.39, 0.29) is 5.56 Å². The average molecular weight is 358 g/mol. The fraction of sp³-hybridized carbons (Fsp3) is 0. The first-order valence-corrected chi connectivity index (χ1v) is 7.95. The molecule has 0 aromatic heterocycles. The van der Waals surface area contributed by atoms with Crippen LogP contribution in [-0.4, -0.2) is 11.1 Å². The van der Waals surface area contributed by atoms with Gasteiger partial charge in [-0.15, -0.1) is 0 Å². The molecule has 24 heavy (non-hydrogen) atoms. The van der Waals surface area contributed by atoms with Crippen LogP contribution in [0.5, 0.6) is 0 Å². The summed E-state index contributed by atoms with van der Waals surface area (Å²) in [6.45, 7) is 0. The maximum absolute atomic E-state index is 11.4. The normalized spacial score (nSPS) is 10.4. The van der Waals surface area contributed by atoms with Gasteiger partial charge < -0.3 is 10.4 Å². The van der Waals surface area contributed by atoms with Gasteiger partial charge in [-0.3, -0.25) is 0 Å². The Morgan fingerprint density at radius 2 is 1.50 bits per heavy atom. The van der Waals surface area contributed by atoms with Crippen LogP contribution >= 0.6 is 23.2 Å². The second-order valence-electron chi connectivity index (χ2n) is 5.15. The molecule has 2 N–H and O–H groups in total. The minimum Gasteiger partial charge on any atom is -0.478 e. The van der Waals surface area contributed by atoms with Crippen LogP contribution in [0.2, 0.25) is 10.0 Å². The highest BCUT2D eigenvalue weighted by Gasteiger charge is 2.13. The molecule has 0 aliphatic rings. The van der Waals surface area contributed by atoms with Gasteiger partial charge in [-0.1, -0.05) is 53.5 Å². The van der Waals surface area contributed by atoms with Crippen molar-refractivity contribution in [1.29, 1.82) is 0 Å². The number of halogens is 2. The van der Waals surface area contributed by atoms with E-state index in [0.29, 0.717) is 15.7 Å². The number of carbonyl (C=O) groups is 1. The van der Waals surface area contributed by atoms with E-state index in [4.69, 9.17) is 23.2 Å². The van der Waals surface area contributed by atoms with Crippen molar-refractivity contribution in [3.63, 3.8) is 0 Å². The summed E-state index contributed by atoms with van der Waals surface area (Å²) >= 11 is 12.4. The van der Waals surface area contributed by atoms with E-state index in [2.05, 4.69) is 5.32 Å². The number of rotatable bonds is 4.